The molecular formula is C2H5MgO6P. The Balaban J connectivity index is -0.0000000910. The summed E-state index contributed by atoms with van der Waals surface area (Å²) in [4.78, 5) is 31.8. The maximum atomic E-state index is 8.89. The molecule has 0 aromatic heterocycles. The van der Waals surface area contributed by atoms with Crippen molar-refractivity contribution in [2.24, 2.45) is 0 Å². The first-order valence-electron chi connectivity index (χ1n) is 1.67. The van der Waals surface area contributed by atoms with Crippen LogP contribution in [0.25, 0.3) is 0 Å². The van der Waals surface area contributed by atoms with Gasteiger partial charge in [0.25, 0.3) is 7.82 Å². The Morgan fingerprint density at radius 1 is 1.50 bits per heavy atom. The summed E-state index contributed by atoms with van der Waals surface area (Å²) in [6.45, 7) is 0.972. The van der Waals surface area contributed by atoms with Crippen LogP contribution < -0.4 is 10.00 Å². The van der Waals surface area contributed by atoms with E-state index in [1.54, 1.807) is 0 Å². The quantitative estimate of drug-likeness (QED) is 0.299. The smallest absolute Gasteiger partial charge is 0.756 e. The molecule has 0 unspecified atom stereocenters. The molecule has 0 heterocycles. The fraction of sp³-hybridized carbons (Fsp3) is 0.500. The molecule has 0 aliphatic carbocycles. The average molecular weight is 180 g/mol. The average Bonchev–Trinajstić information content (AvgIpc) is 1.19. The molecule has 0 aliphatic heterocycles. The molecule has 6 nitrogen and oxygen atoms in total. The predicted octanol–water partition coefficient (Wildman–Crippen LogP) is -3.19. The molecule has 0 aromatic carbocycles. The van der Waals surface area contributed by atoms with E-state index in [0.717, 1.165) is 6.92 Å². The molecule has 0 saturated heterocycles. The minimum Gasteiger partial charge on any atom is -0.756 e. The Bertz CT molecular complexity index is 115. The molecule has 0 radical (unpaired) electrons. The molecule has 0 rings (SSSR count). The standard InChI is InChI=1S/C2H4O2.Mg.H3O4P/c1-2(3)4;;1-5(2,3)4/h1H3,(H,3,4);;(H3,1,2,3,4)/q;+2;/p-2. The Morgan fingerprint density at radius 3 is 1.50 bits per heavy atom. The van der Waals surface area contributed by atoms with Crippen LogP contribution in [-0.2, 0) is 9.36 Å². The van der Waals surface area contributed by atoms with E-state index in [0.29, 0.717) is 0 Å². The van der Waals surface area contributed by atoms with Crippen molar-refractivity contribution in [3.8, 4) is 0 Å². The van der Waals surface area contributed by atoms with E-state index in [-0.39, 0.29) is 23.1 Å². The van der Waals surface area contributed by atoms with Crippen LogP contribution in [0.4, 0.5) is 0 Å². The summed E-state index contributed by atoms with van der Waals surface area (Å²) >= 11 is 0. The number of carboxylic acids is 1. The zero-order chi connectivity index (χ0) is 8.08. The second-order valence-electron chi connectivity index (χ2n) is 0.982. The predicted molar refractivity (Wildman–Crippen MR) is 28.5 cm³/mol. The maximum absolute atomic E-state index is 8.89. The van der Waals surface area contributed by atoms with Crippen molar-refractivity contribution in [2.75, 3.05) is 0 Å². The molecule has 0 bridgehead atoms. The molecule has 0 aliphatic rings. The van der Waals surface area contributed by atoms with Crippen molar-refractivity contribution < 1.29 is 29.1 Å². The van der Waals surface area contributed by atoms with Gasteiger partial charge in [-0.1, -0.05) is 0 Å². The number of carboxylic acid groups (broad SMARTS) is 1. The van der Waals surface area contributed by atoms with Gasteiger partial charge in [0.1, 0.15) is 0 Å². The van der Waals surface area contributed by atoms with Gasteiger partial charge in [0, 0.05) is 5.97 Å². The van der Waals surface area contributed by atoms with Gasteiger partial charge in [-0.15, -0.1) is 0 Å². The molecule has 10 heavy (non-hydrogen) atoms. The fourth-order valence-electron chi connectivity index (χ4n) is 0. The van der Waals surface area contributed by atoms with Gasteiger partial charge in [0.2, 0.25) is 0 Å². The van der Waals surface area contributed by atoms with Gasteiger partial charge in [0.05, 0.1) is 0 Å². The van der Waals surface area contributed by atoms with E-state index in [9.17, 15) is 0 Å². The summed E-state index contributed by atoms with van der Waals surface area (Å²) in [5.74, 6) is -1.08. The molecule has 0 fully saturated rings. The minimum atomic E-state index is -4.89. The van der Waals surface area contributed by atoms with Crippen molar-refractivity contribution in [1.29, 1.82) is 0 Å². The maximum Gasteiger partial charge on any atom is 2.00 e. The summed E-state index contributed by atoms with van der Waals surface area (Å²) in [5, 5.41) is 8.89. The van der Waals surface area contributed by atoms with Crippen LogP contribution in [-0.4, -0.2) is 38.8 Å². The summed E-state index contributed by atoms with van der Waals surface area (Å²) < 4.78 is 8.77. The van der Waals surface area contributed by atoms with E-state index in [1.807, 2.05) is 0 Å². The number of phosphoric acid groups is 1. The molecule has 0 atom stereocenters. The molecule has 56 valence electrons. The van der Waals surface area contributed by atoms with Crippen LogP contribution in [0.3, 0.4) is 0 Å². The van der Waals surface area contributed by atoms with Crippen LogP contribution in [0, 0.1) is 0 Å². The molecule has 0 saturated carbocycles. The van der Waals surface area contributed by atoms with Gasteiger partial charge in [-0.25, -0.2) is 0 Å². The third kappa shape index (κ3) is 3760. The van der Waals surface area contributed by atoms with Crippen LogP contribution in [0.2, 0.25) is 0 Å². The summed E-state index contributed by atoms with van der Waals surface area (Å²) in [7, 11) is -4.89. The first kappa shape index (κ1) is 16.7. The van der Waals surface area contributed by atoms with Crippen LogP contribution in [0.15, 0.2) is 0 Å². The molecule has 2 N–H and O–H groups in total. The van der Waals surface area contributed by atoms with Crippen LogP contribution in [0.1, 0.15) is 6.92 Å². The third-order valence-corrected chi connectivity index (χ3v) is 0. The zero-order valence-corrected chi connectivity index (χ0v) is 7.49. The first-order chi connectivity index (χ1) is 3.73. The van der Waals surface area contributed by atoms with Gasteiger partial charge < -0.3 is 24.6 Å². The second kappa shape index (κ2) is 7.45. The number of rotatable bonds is 0. The minimum absolute atomic E-state index is 0. The summed E-state index contributed by atoms with van der Waals surface area (Å²) in [5.41, 5.74) is 0. The Kier molecular flexibility index (Phi) is 12.5. The first-order valence-corrected chi connectivity index (χ1v) is 3.20. The molecule has 0 amide bonds. The molecule has 0 aromatic rings. The van der Waals surface area contributed by atoms with Crippen molar-refractivity contribution >= 4 is 36.8 Å². The van der Waals surface area contributed by atoms with Gasteiger partial charge in [-0.3, -0.25) is 4.57 Å². The van der Waals surface area contributed by atoms with Crippen molar-refractivity contribution in [3.05, 3.63) is 0 Å². The zero-order valence-electron chi connectivity index (χ0n) is 5.18. The van der Waals surface area contributed by atoms with Gasteiger partial charge >= 0.3 is 23.1 Å². The van der Waals surface area contributed by atoms with Crippen molar-refractivity contribution in [2.45, 2.75) is 6.92 Å². The normalized spacial score (nSPS) is 8.40. The summed E-state index contributed by atoms with van der Waals surface area (Å²) in [6.07, 6.45) is 0. The van der Waals surface area contributed by atoms with Crippen LogP contribution >= 0.6 is 7.82 Å². The van der Waals surface area contributed by atoms with E-state index in [2.05, 4.69) is 0 Å². The fourth-order valence-corrected chi connectivity index (χ4v) is 0. The van der Waals surface area contributed by atoms with Gasteiger partial charge in [-0.2, -0.15) is 0 Å². The number of hydrogen-bond acceptors (Lipinski definition) is 4. The number of hydrogen-bond donors (Lipinski definition) is 2. The SMILES string of the molecule is CC(=O)[O-].O=P([O-])(O)O.[Mg+2]. The molecular weight excluding hydrogens is 175 g/mol. The van der Waals surface area contributed by atoms with Crippen molar-refractivity contribution in [3.63, 3.8) is 0 Å². The number of carbonyl (C=O) groups is 1. The van der Waals surface area contributed by atoms with Crippen molar-refractivity contribution in [1.82, 2.24) is 0 Å². The van der Waals surface area contributed by atoms with Gasteiger partial charge in [-0.05, 0) is 6.92 Å². The Hall–Kier alpha value is 0.346. The Labute approximate surface area is 73.3 Å². The second-order valence-corrected chi connectivity index (χ2v) is 1.96. The van der Waals surface area contributed by atoms with E-state index >= 15 is 0 Å². The van der Waals surface area contributed by atoms with E-state index in [1.165, 1.54) is 0 Å². The third-order valence-electron chi connectivity index (χ3n) is 0. The monoisotopic (exact) mass is 180 g/mol. The number of carbonyl (C=O) groups excluding carboxylic acids is 1. The van der Waals surface area contributed by atoms with E-state index in [4.69, 9.17) is 29.1 Å². The Morgan fingerprint density at radius 2 is 1.50 bits per heavy atom. The number of aliphatic carboxylic acids is 1. The topological polar surface area (TPSA) is 121 Å². The van der Waals surface area contributed by atoms with Crippen LogP contribution in [0.5, 0.6) is 0 Å². The van der Waals surface area contributed by atoms with E-state index < -0.39 is 13.8 Å². The van der Waals surface area contributed by atoms with Gasteiger partial charge in [0.15, 0.2) is 0 Å². The summed E-state index contributed by atoms with van der Waals surface area (Å²) in [6, 6.07) is 0. The molecule has 8 heteroatoms. The molecule has 0 spiro atoms. The largest absolute Gasteiger partial charge is 2.00 e.